The van der Waals surface area contributed by atoms with Crippen molar-refractivity contribution >= 4 is 34.4 Å². The van der Waals surface area contributed by atoms with Crippen LogP contribution in [-0.4, -0.2) is 16.7 Å². The smallest absolute Gasteiger partial charge is 0.261 e. The lowest BCUT2D eigenvalue weighted by molar-refractivity contribution is 0.0632. The van der Waals surface area contributed by atoms with E-state index in [1.165, 1.54) is 12.1 Å². The van der Waals surface area contributed by atoms with E-state index in [0.29, 0.717) is 38.4 Å². The molecule has 1 aliphatic heterocycles. The Kier molecular flexibility index (Phi) is 4.22. The number of hydrogen-bond acceptors (Lipinski definition) is 3. The van der Waals surface area contributed by atoms with Crippen LogP contribution in [0, 0.1) is 12.7 Å². The zero-order chi connectivity index (χ0) is 21.0. The summed E-state index contributed by atoms with van der Waals surface area (Å²) in [6.07, 6.45) is 0. The van der Waals surface area contributed by atoms with Crippen LogP contribution in [0.3, 0.4) is 0 Å². The molecule has 0 spiro atoms. The number of carbonyl (C=O) groups is 2. The zero-order valence-corrected chi connectivity index (χ0v) is 16.7. The first-order chi connectivity index (χ1) is 14.4. The average Bonchev–Trinajstić information content (AvgIpc) is 3.24. The number of halogens is 2. The van der Waals surface area contributed by atoms with Crippen LogP contribution >= 0.6 is 11.6 Å². The maximum Gasteiger partial charge on any atom is 0.261 e. The number of carbonyl (C=O) groups excluding carboxylic acids is 2. The summed E-state index contributed by atoms with van der Waals surface area (Å²) in [5, 5.41) is 1.08. The van der Waals surface area contributed by atoms with Crippen LogP contribution in [0.5, 0.6) is 0 Å². The molecule has 0 atom stereocenters. The monoisotopic (exact) mass is 419 g/mol. The molecule has 0 saturated heterocycles. The summed E-state index contributed by atoms with van der Waals surface area (Å²) in [5.41, 5.74) is 3.48. The molecule has 148 valence electrons. The Hall–Kier alpha value is -3.44. The largest absolute Gasteiger partial charge is 0.459 e. The molecule has 0 N–H and O–H groups in total. The molecule has 0 radical (unpaired) electrons. The first-order valence-electron chi connectivity index (χ1n) is 9.36. The molecule has 0 aliphatic carbocycles. The van der Waals surface area contributed by atoms with Crippen molar-refractivity contribution in [2.45, 2.75) is 13.5 Å². The lowest BCUT2D eigenvalue weighted by Crippen LogP contribution is -2.28. The van der Waals surface area contributed by atoms with Gasteiger partial charge in [0.25, 0.3) is 11.8 Å². The topological polar surface area (TPSA) is 50.5 Å². The van der Waals surface area contributed by atoms with E-state index in [4.69, 9.17) is 16.0 Å². The normalized spacial score (nSPS) is 13.4. The highest BCUT2D eigenvalue weighted by Gasteiger charge is 2.35. The highest BCUT2D eigenvalue weighted by Crippen LogP contribution is 2.36. The van der Waals surface area contributed by atoms with Crippen molar-refractivity contribution in [3.05, 3.63) is 94.0 Å². The SMILES string of the molecule is Cc1ccc(Cl)cc1-c1cc(F)cc2cc(CN3C(=O)c4ccccc4C3=O)oc12. The van der Waals surface area contributed by atoms with Gasteiger partial charge in [-0.15, -0.1) is 0 Å². The van der Waals surface area contributed by atoms with Gasteiger partial charge in [-0.2, -0.15) is 0 Å². The van der Waals surface area contributed by atoms with E-state index >= 15 is 0 Å². The van der Waals surface area contributed by atoms with E-state index in [1.54, 1.807) is 42.5 Å². The Morgan fingerprint density at radius 2 is 1.60 bits per heavy atom. The van der Waals surface area contributed by atoms with Gasteiger partial charge in [0.1, 0.15) is 17.2 Å². The van der Waals surface area contributed by atoms with Crippen molar-refractivity contribution < 1.29 is 18.4 Å². The minimum atomic E-state index is -0.412. The summed E-state index contributed by atoms with van der Waals surface area (Å²) in [5.74, 6) is -0.753. The van der Waals surface area contributed by atoms with Gasteiger partial charge in [0.05, 0.1) is 17.7 Å². The summed E-state index contributed by atoms with van der Waals surface area (Å²) in [4.78, 5) is 26.4. The van der Waals surface area contributed by atoms with Crippen LogP contribution in [-0.2, 0) is 6.54 Å². The van der Waals surface area contributed by atoms with Gasteiger partial charge in [-0.3, -0.25) is 14.5 Å². The Morgan fingerprint density at radius 1 is 0.900 bits per heavy atom. The number of aryl methyl sites for hydroxylation is 1. The van der Waals surface area contributed by atoms with Crippen molar-refractivity contribution in [3.63, 3.8) is 0 Å². The predicted octanol–water partition coefficient (Wildman–Crippen LogP) is 6.00. The van der Waals surface area contributed by atoms with Gasteiger partial charge in [-0.25, -0.2) is 4.39 Å². The van der Waals surface area contributed by atoms with Gasteiger partial charge in [0.15, 0.2) is 0 Å². The fourth-order valence-corrected chi connectivity index (χ4v) is 4.04. The first-order valence-corrected chi connectivity index (χ1v) is 9.74. The van der Waals surface area contributed by atoms with Crippen LogP contribution in [0.4, 0.5) is 4.39 Å². The molecule has 0 saturated carbocycles. The lowest BCUT2D eigenvalue weighted by atomic mass is 9.99. The molecule has 0 fully saturated rings. The van der Waals surface area contributed by atoms with Crippen molar-refractivity contribution in [1.82, 2.24) is 4.90 Å². The van der Waals surface area contributed by atoms with Crippen LogP contribution in [0.1, 0.15) is 32.0 Å². The van der Waals surface area contributed by atoms with Crippen molar-refractivity contribution in [2.24, 2.45) is 0 Å². The number of furan rings is 1. The second-order valence-electron chi connectivity index (χ2n) is 7.29. The quantitative estimate of drug-likeness (QED) is 0.383. The molecule has 2 amide bonds. The van der Waals surface area contributed by atoms with Crippen LogP contribution in [0.15, 0.2) is 65.1 Å². The number of amides is 2. The summed E-state index contributed by atoms with van der Waals surface area (Å²) in [7, 11) is 0. The standard InChI is InChI=1S/C24H15ClFNO3/c1-13-6-7-15(25)10-20(13)21-11-16(26)8-14-9-17(30-22(14)21)12-27-23(28)18-4-2-3-5-19(18)24(27)29/h2-11H,12H2,1H3. The van der Waals surface area contributed by atoms with Crippen LogP contribution in [0.25, 0.3) is 22.1 Å². The number of rotatable bonds is 3. The lowest BCUT2D eigenvalue weighted by Gasteiger charge is -2.11. The van der Waals surface area contributed by atoms with Gasteiger partial charge in [-0.05, 0) is 60.5 Å². The molecule has 3 aromatic carbocycles. The molecule has 4 aromatic rings. The number of hydrogen-bond donors (Lipinski definition) is 0. The maximum absolute atomic E-state index is 14.3. The van der Waals surface area contributed by atoms with E-state index in [0.717, 1.165) is 16.0 Å². The van der Waals surface area contributed by atoms with Gasteiger partial charge in [0, 0.05) is 16.0 Å². The van der Waals surface area contributed by atoms with Crippen molar-refractivity contribution in [1.29, 1.82) is 0 Å². The minimum Gasteiger partial charge on any atom is -0.459 e. The molecule has 2 heterocycles. The summed E-state index contributed by atoms with van der Waals surface area (Å²) in [6, 6.07) is 16.5. The van der Waals surface area contributed by atoms with Crippen molar-refractivity contribution in [2.75, 3.05) is 0 Å². The van der Waals surface area contributed by atoms with E-state index in [2.05, 4.69) is 0 Å². The third-order valence-electron chi connectivity index (χ3n) is 5.31. The van der Waals surface area contributed by atoms with Gasteiger partial charge in [0.2, 0.25) is 0 Å². The number of benzene rings is 3. The molecule has 4 nitrogen and oxygen atoms in total. The highest BCUT2D eigenvalue weighted by atomic mass is 35.5. The maximum atomic E-state index is 14.3. The number of nitrogens with zero attached hydrogens (tertiary/aromatic N) is 1. The molecular weight excluding hydrogens is 405 g/mol. The first kappa shape index (κ1) is 18.6. The van der Waals surface area contributed by atoms with Crippen molar-refractivity contribution in [3.8, 4) is 11.1 Å². The Balaban J connectivity index is 1.58. The summed E-state index contributed by atoms with van der Waals surface area (Å²) in [6.45, 7) is 1.88. The van der Waals surface area contributed by atoms with E-state index in [-0.39, 0.29) is 18.4 Å². The van der Waals surface area contributed by atoms with E-state index in [1.807, 2.05) is 13.0 Å². The molecule has 1 aliphatic rings. The Bertz CT molecular complexity index is 1320. The molecule has 0 unspecified atom stereocenters. The van der Waals surface area contributed by atoms with Crippen LogP contribution in [0.2, 0.25) is 5.02 Å². The summed E-state index contributed by atoms with van der Waals surface area (Å²) >= 11 is 6.15. The van der Waals surface area contributed by atoms with Gasteiger partial charge < -0.3 is 4.42 Å². The molecule has 1 aromatic heterocycles. The minimum absolute atomic E-state index is 0.0311. The zero-order valence-electron chi connectivity index (χ0n) is 15.9. The average molecular weight is 420 g/mol. The number of imide groups is 1. The Morgan fingerprint density at radius 3 is 2.30 bits per heavy atom. The fourth-order valence-electron chi connectivity index (χ4n) is 3.87. The second kappa shape index (κ2) is 6.82. The van der Waals surface area contributed by atoms with E-state index in [9.17, 15) is 14.0 Å². The highest BCUT2D eigenvalue weighted by molar-refractivity contribution is 6.31. The molecule has 0 bridgehead atoms. The second-order valence-corrected chi connectivity index (χ2v) is 7.72. The Labute approximate surface area is 176 Å². The third kappa shape index (κ3) is 2.90. The molecule has 6 heteroatoms. The predicted molar refractivity (Wildman–Crippen MR) is 112 cm³/mol. The fraction of sp³-hybridized carbons (Fsp3) is 0.0833. The van der Waals surface area contributed by atoms with Gasteiger partial charge in [-0.1, -0.05) is 29.8 Å². The molecule has 5 rings (SSSR count). The molecule has 30 heavy (non-hydrogen) atoms. The number of fused-ring (bicyclic) bond motifs is 2. The van der Waals surface area contributed by atoms with E-state index < -0.39 is 5.82 Å². The third-order valence-corrected chi connectivity index (χ3v) is 5.55. The van der Waals surface area contributed by atoms with Crippen LogP contribution < -0.4 is 0 Å². The molecular formula is C24H15ClFNO3. The summed E-state index contributed by atoms with van der Waals surface area (Å²) < 4.78 is 20.3. The van der Waals surface area contributed by atoms with Gasteiger partial charge >= 0.3 is 0 Å².